The molecule has 0 aliphatic rings. The summed E-state index contributed by atoms with van der Waals surface area (Å²) in [5, 5.41) is 8.81. The van der Waals surface area contributed by atoms with Gasteiger partial charge in [-0.25, -0.2) is 0 Å². The first-order valence-corrected chi connectivity index (χ1v) is 4.82. The fourth-order valence-electron chi connectivity index (χ4n) is 1.52. The second-order valence-corrected chi connectivity index (χ2v) is 4.19. The zero-order valence-corrected chi connectivity index (χ0v) is 9.28. The van der Waals surface area contributed by atoms with E-state index in [-0.39, 0.29) is 11.8 Å². The predicted molar refractivity (Wildman–Crippen MR) is 58.3 cm³/mol. The van der Waals surface area contributed by atoms with Crippen LogP contribution in [-0.2, 0) is 10.2 Å². The molecular weight excluding hydrogens is 192 g/mol. The zero-order valence-electron chi connectivity index (χ0n) is 9.28. The average molecular weight is 208 g/mol. The molecule has 82 valence electrons. The van der Waals surface area contributed by atoms with Crippen LogP contribution in [0.15, 0.2) is 24.3 Å². The third kappa shape index (κ3) is 2.98. The Morgan fingerprint density at radius 1 is 1.47 bits per heavy atom. The van der Waals surface area contributed by atoms with Gasteiger partial charge in [0.05, 0.1) is 13.5 Å². The Morgan fingerprint density at radius 3 is 2.67 bits per heavy atom. The molecule has 0 fully saturated rings. The van der Waals surface area contributed by atoms with E-state index < -0.39 is 5.97 Å². The first kappa shape index (κ1) is 11.6. The summed E-state index contributed by atoms with van der Waals surface area (Å²) in [6.45, 7) is 3.83. The maximum atomic E-state index is 10.7. The number of methoxy groups -OCH3 is 1. The highest BCUT2D eigenvalue weighted by Crippen LogP contribution is 2.29. The van der Waals surface area contributed by atoms with Crippen LogP contribution in [0, 0.1) is 0 Å². The van der Waals surface area contributed by atoms with Gasteiger partial charge < -0.3 is 9.84 Å². The van der Waals surface area contributed by atoms with E-state index in [9.17, 15) is 4.79 Å². The second kappa shape index (κ2) is 4.34. The van der Waals surface area contributed by atoms with Gasteiger partial charge in [0.15, 0.2) is 0 Å². The number of carbonyl (C=O) groups is 1. The lowest BCUT2D eigenvalue weighted by atomic mass is 9.81. The van der Waals surface area contributed by atoms with E-state index in [1.54, 1.807) is 7.11 Å². The molecule has 3 nitrogen and oxygen atoms in total. The predicted octanol–water partition coefficient (Wildman–Crippen LogP) is 2.45. The van der Waals surface area contributed by atoms with E-state index >= 15 is 0 Å². The quantitative estimate of drug-likeness (QED) is 0.826. The summed E-state index contributed by atoms with van der Waals surface area (Å²) in [6, 6.07) is 7.52. The Hall–Kier alpha value is -1.51. The van der Waals surface area contributed by atoms with Crippen LogP contribution in [0.1, 0.15) is 25.8 Å². The monoisotopic (exact) mass is 208 g/mol. The second-order valence-electron chi connectivity index (χ2n) is 4.19. The van der Waals surface area contributed by atoms with E-state index in [0.717, 1.165) is 11.3 Å². The van der Waals surface area contributed by atoms with Crippen LogP contribution >= 0.6 is 0 Å². The molecule has 15 heavy (non-hydrogen) atoms. The van der Waals surface area contributed by atoms with Crippen molar-refractivity contribution in [1.82, 2.24) is 0 Å². The van der Waals surface area contributed by atoms with Gasteiger partial charge in [0.25, 0.3) is 0 Å². The summed E-state index contributed by atoms with van der Waals surface area (Å²) in [7, 11) is 1.60. The SMILES string of the molecule is COc1cccc(C(C)(C)CC(=O)O)c1. The summed E-state index contributed by atoms with van der Waals surface area (Å²) in [5.41, 5.74) is 0.602. The average Bonchev–Trinajstić information content (AvgIpc) is 2.16. The van der Waals surface area contributed by atoms with Crippen molar-refractivity contribution in [3.63, 3.8) is 0 Å². The summed E-state index contributed by atoms with van der Waals surface area (Å²) in [4.78, 5) is 10.7. The molecule has 0 radical (unpaired) electrons. The van der Waals surface area contributed by atoms with Crippen molar-refractivity contribution in [3.05, 3.63) is 29.8 Å². The molecule has 0 amide bonds. The van der Waals surface area contributed by atoms with Gasteiger partial charge in [-0.3, -0.25) is 4.79 Å². The normalized spacial score (nSPS) is 11.1. The third-order valence-electron chi connectivity index (χ3n) is 2.44. The van der Waals surface area contributed by atoms with Crippen molar-refractivity contribution in [1.29, 1.82) is 0 Å². The van der Waals surface area contributed by atoms with Gasteiger partial charge in [0.1, 0.15) is 5.75 Å². The van der Waals surface area contributed by atoms with Crippen molar-refractivity contribution < 1.29 is 14.6 Å². The van der Waals surface area contributed by atoms with Crippen molar-refractivity contribution >= 4 is 5.97 Å². The first-order chi connectivity index (χ1) is 6.95. The molecule has 0 aromatic heterocycles. The molecule has 0 heterocycles. The maximum absolute atomic E-state index is 10.7. The van der Waals surface area contributed by atoms with Crippen LogP contribution in [-0.4, -0.2) is 18.2 Å². The largest absolute Gasteiger partial charge is 0.497 e. The van der Waals surface area contributed by atoms with Gasteiger partial charge in [0.2, 0.25) is 0 Å². The van der Waals surface area contributed by atoms with Crippen LogP contribution < -0.4 is 4.74 Å². The van der Waals surface area contributed by atoms with Gasteiger partial charge in [-0.05, 0) is 17.7 Å². The molecule has 0 bridgehead atoms. The lowest BCUT2D eigenvalue weighted by Crippen LogP contribution is -2.21. The smallest absolute Gasteiger partial charge is 0.304 e. The molecular formula is C12H16O3. The van der Waals surface area contributed by atoms with Crippen LogP contribution in [0.25, 0.3) is 0 Å². The highest BCUT2D eigenvalue weighted by atomic mass is 16.5. The number of carboxylic acid groups (broad SMARTS) is 1. The van der Waals surface area contributed by atoms with Crippen LogP contribution in [0.4, 0.5) is 0 Å². The molecule has 1 N–H and O–H groups in total. The summed E-state index contributed by atoms with van der Waals surface area (Å²) < 4.78 is 5.11. The standard InChI is InChI=1S/C12H16O3/c1-12(2,8-11(13)14)9-5-4-6-10(7-9)15-3/h4-7H,8H2,1-3H3,(H,13,14). The molecule has 0 unspecified atom stereocenters. The van der Waals surface area contributed by atoms with Gasteiger partial charge >= 0.3 is 5.97 Å². The first-order valence-electron chi connectivity index (χ1n) is 4.82. The van der Waals surface area contributed by atoms with Gasteiger partial charge in [-0.1, -0.05) is 26.0 Å². The lowest BCUT2D eigenvalue weighted by molar-refractivity contribution is -0.138. The molecule has 1 aromatic carbocycles. The van der Waals surface area contributed by atoms with Crippen molar-refractivity contribution in [2.45, 2.75) is 25.7 Å². The van der Waals surface area contributed by atoms with E-state index in [0.29, 0.717) is 0 Å². The fourth-order valence-corrected chi connectivity index (χ4v) is 1.52. The Kier molecular flexibility index (Phi) is 3.35. The van der Waals surface area contributed by atoms with Crippen LogP contribution in [0.3, 0.4) is 0 Å². The number of aliphatic carboxylic acids is 1. The van der Waals surface area contributed by atoms with E-state index in [2.05, 4.69) is 0 Å². The highest BCUT2D eigenvalue weighted by Gasteiger charge is 2.24. The van der Waals surface area contributed by atoms with E-state index in [1.807, 2.05) is 38.1 Å². The summed E-state index contributed by atoms with van der Waals surface area (Å²) >= 11 is 0. The van der Waals surface area contributed by atoms with Gasteiger partial charge in [-0.2, -0.15) is 0 Å². The molecule has 0 aliphatic heterocycles. The zero-order chi connectivity index (χ0) is 11.5. The molecule has 1 rings (SSSR count). The molecule has 3 heteroatoms. The molecule has 0 saturated heterocycles. The molecule has 0 spiro atoms. The number of hydrogen-bond donors (Lipinski definition) is 1. The van der Waals surface area contributed by atoms with Crippen molar-refractivity contribution in [2.24, 2.45) is 0 Å². The van der Waals surface area contributed by atoms with Crippen LogP contribution in [0.5, 0.6) is 5.75 Å². The number of hydrogen-bond acceptors (Lipinski definition) is 2. The molecule has 0 atom stereocenters. The third-order valence-corrected chi connectivity index (χ3v) is 2.44. The van der Waals surface area contributed by atoms with Gasteiger partial charge in [0, 0.05) is 5.41 Å². The van der Waals surface area contributed by atoms with E-state index in [1.165, 1.54) is 0 Å². The molecule has 1 aromatic rings. The highest BCUT2D eigenvalue weighted by molar-refractivity contribution is 5.69. The minimum atomic E-state index is -0.789. The minimum Gasteiger partial charge on any atom is -0.497 e. The fraction of sp³-hybridized carbons (Fsp3) is 0.417. The Morgan fingerprint density at radius 2 is 2.13 bits per heavy atom. The topological polar surface area (TPSA) is 46.5 Å². The van der Waals surface area contributed by atoms with E-state index in [4.69, 9.17) is 9.84 Å². The van der Waals surface area contributed by atoms with Crippen molar-refractivity contribution in [2.75, 3.05) is 7.11 Å². The number of carboxylic acids is 1. The Balaban J connectivity index is 2.98. The number of benzene rings is 1. The molecule has 0 aliphatic carbocycles. The summed E-state index contributed by atoms with van der Waals surface area (Å²) in [5.74, 6) is -0.0335. The molecule has 0 saturated carbocycles. The van der Waals surface area contributed by atoms with Crippen LogP contribution in [0.2, 0.25) is 0 Å². The maximum Gasteiger partial charge on any atom is 0.304 e. The number of ether oxygens (including phenoxy) is 1. The Bertz CT molecular complexity index is 356. The minimum absolute atomic E-state index is 0.111. The Labute approximate surface area is 89.7 Å². The van der Waals surface area contributed by atoms with Gasteiger partial charge in [-0.15, -0.1) is 0 Å². The lowest BCUT2D eigenvalue weighted by Gasteiger charge is -2.23. The van der Waals surface area contributed by atoms with Crippen molar-refractivity contribution in [3.8, 4) is 5.75 Å². The number of rotatable bonds is 4. The summed E-state index contributed by atoms with van der Waals surface area (Å²) in [6.07, 6.45) is 0.111.